The highest BCUT2D eigenvalue weighted by molar-refractivity contribution is 5.68. The van der Waals surface area contributed by atoms with Crippen LogP contribution in [0.4, 0.5) is 0 Å². The van der Waals surface area contributed by atoms with Crippen LogP contribution in [0.25, 0.3) is 5.57 Å². The topological polar surface area (TPSA) is 9.23 Å². The molecule has 1 atom stereocenters. The number of hydrogen-bond acceptors (Lipinski definition) is 1. The van der Waals surface area contributed by atoms with Gasteiger partial charge in [0.25, 0.3) is 0 Å². The van der Waals surface area contributed by atoms with E-state index < -0.39 is 0 Å². The molecule has 110 valence electrons. The number of rotatable bonds is 7. The molecular weight excluding hydrogens is 256 g/mol. The van der Waals surface area contributed by atoms with Crippen molar-refractivity contribution in [3.05, 3.63) is 77.9 Å². The van der Waals surface area contributed by atoms with E-state index >= 15 is 0 Å². The molecule has 0 bridgehead atoms. The average molecular weight is 280 g/mol. The van der Waals surface area contributed by atoms with E-state index in [0.29, 0.717) is 6.61 Å². The van der Waals surface area contributed by atoms with Crippen LogP contribution < -0.4 is 0 Å². The Balaban J connectivity index is 2.12. The normalized spacial score (nSPS) is 13.1. The van der Waals surface area contributed by atoms with Crippen molar-refractivity contribution >= 4 is 5.57 Å². The SMILES string of the molecule is CC/C=C(\c1ccccc1)C(CC)OCc1ccccc1. The molecule has 1 nitrogen and oxygen atoms in total. The second-order valence-corrected chi connectivity index (χ2v) is 5.13. The minimum absolute atomic E-state index is 0.146. The van der Waals surface area contributed by atoms with Crippen LogP contribution in [-0.2, 0) is 11.3 Å². The zero-order valence-electron chi connectivity index (χ0n) is 13.0. The lowest BCUT2D eigenvalue weighted by Gasteiger charge is -2.20. The number of benzene rings is 2. The van der Waals surface area contributed by atoms with Crippen molar-refractivity contribution in [2.45, 2.75) is 39.4 Å². The molecule has 0 spiro atoms. The molecule has 0 aliphatic heterocycles. The summed E-state index contributed by atoms with van der Waals surface area (Å²) in [6.45, 7) is 5.02. The summed E-state index contributed by atoms with van der Waals surface area (Å²) in [5, 5.41) is 0. The molecule has 0 radical (unpaired) electrons. The Hall–Kier alpha value is -1.86. The van der Waals surface area contributed by atoms with Crippen LogP contribution in [0.2, 0.25) is 0 Å². The van der Waals surface area contributed by atoms with E-state index in [-0.39, 0.29) is 6.10 Å². The molecule has 21 heavy (non-hydrogen) atoms. The van der Waals surface area contributed by atoms with Gasteiger partial charge in [0.1, 0.15) is 0 Å². The summed E-state index contributed by atoms with van der Waals surface area (Å²) >= 11 is 0. The standard InChI is InChI=1S/C20H24O/c1-3-11-19(18-14-9-6-10-15-18)20(4-2)21-16-17-12-7-5-8-13-17/h5-15,20H,3-4,16H2,1-2H3/b19-11+. The van der Waals surface area contributed by atoms with Crippen LogP contribution in [-0.4, -0.2) is 6.10 Å². The molecule has 2 rings (SSSR count). The smallest absolute Gasteiger partial charge is 0.0829 e. The minimum atomic E-state index is 0.146. The van der Waals surface area contributed by atoms with Gasteiger partial charge in [-0.3, -0.25) is 0 Å². The van der Waals surface area contributed by atoms with Gasteiger partial charge >= 0.3 is 0 Å². The Kier molecular flexibility index (Phi) is 6.23. The number of ether oxygens (including phenoxy) is 1. The molecule has 0 fully saturated rings. The van der Waals surface area contributed by atoms with E-state index in [1.54, 1.807) is 0 Å². The summed E-state index contributed by atoms with van der Waals surface area (Å²) in [5.74, 6) is 0. The Morgan fingerprint density at radius 3 is 2.14 bits per heavy atom. The zero-order chi connectivity index (χ0) is 14.9. The minimum Gasteiger partial charge on any atom is -0.369 e. The molecule has 0 saturated heterocycles. The monoisotopic (exact) mass is 280 g/mol. The first-order valence-corrected chi connectivity index (χ1v) is 7.76. The molecule has 0 aliphatic carbocycles. The van der Waals surface area contributed by atoms with Crippen molar-refractivity contribution in [2.75, 3.05) is 0 Å². The van der Waals surface area contributed by atoms with Gasteiger partial charge in [-0.1, -0.05) is 80.6 Å². The first-order chi connectivity index (χ1) is 10.3. The van der Waals surface area contributed by atoms with Gasteiger partial charge in [-0.25, -0.2) is 0 Å². The molecule has 2 aromatic carbocycles. The van der Waals surface area contributed by atoms with Gasteiger partial charge in [0.05, 0.1) is 12.7 Å². The fraction of sp³-hybridized carbons (Fsp3) is 0.300. The van der Waals surface area contributed by atoms with Crippen molar-refractivity contribution in [1.29, 1.82) is 0 Å². The second kappa shape index (κ2) is 8.43. The van der Waals surface area contributed by atoms with Gasteiger partial charge in [-0.15, -0.1) is 0 Å². The van der Waals surface area contributed by atoms with Crippen molar-refractivity contribution in [3.8, 4) is 0 Å². The molecule has 0 aromatic heterocycles. The lowest BCUT2D eigenvalue weighted by molar-refractivity contribution is 0.0760. The highest BCUT2D eigenvalue weighted by Gasteiger charge is 2.14. The van der Waals surface area contributed by atoms with Crippen LogP contribution in [0.15, 0.2) is 66.7 Å². The van der Waals surface area contributed by atoms with E-state index in [1.165, 1.54) is 16.7 Å². The molecule has 1 unspecified atom stereocenters. The molecular formula is C20H24O. The third kappa shape index (κ3) is 4.57. The Morgan fingerprint density at radius 1 is 0.952 bits per heavy atom. The first-order valence-electron chi connectivity index (χ1n) is 7.76. The molecule has 0 amide bonds. The third-order valence-electron chi connectivity index (χ3n) is 3.54. The summed E-state index contributed by atoms with van der Waals surface area (Å²) in [4.78, 5) is 0. The number of allylic oxidation sites excluding steroid dienone is 1. The lowest BCUT2D eigenvalue weighted by atomic mass is 9.97. The van der Waals surface area contributed by atoms with Crippen LogP contribution in [0.5, 0.6) is 0 Å². The first kappa shape index (κ1) is 15.5. The number of hydrogen-bond donors (Lipinski definition) is 0. The van der Waals surface area contributed by atoms with Crippen LogP contribution in [0.3, 0.4) is 0 Å². The fourth-order valence-electron chi connectivity index (χ4n) is 2.48. The Labute approximate surface area is 128 Å². The molecule has 0 saturated carbocycles. The molecule has 0 heterocycles. The van der Waals surface area contributed by atoms with Crippen LogP contribution in [0, 0.1) is 0 Å². The summed E-state index contributed by atoms with van der Waals surface area (Å²) in [6.07, 6.45) is 4.44. The van der Waals surface area contributed by atoms with Gasteiger partial charge in [0, 0.05) is 0 Å². The van der Waals surface area contributed by atoms with Crippen molar-refractivity contribution < 1.29 is 4.74 Å². The Morgan fingerprint density at radius 2 is 1.57 bits per heavy atom. The van der Waals surface area contributed by atoms with Gasteiger partial charge in [-0.05, 0) is 29.5 Å². The van der Waals surface area contributed by atoms with Gasteiger partial charge in [0.15, 0.2) is 0 Å². The predicted molar refractivity (Wildman–Crippen MR) is 90.0 cm³/mol. The van der Waals surface area contributed by atoms with Crippen molar-refractivity contribution in [1.82, 2.24) is 0 Å². The zero-order valence-corrected chi connectivity index (χ0v) is 13.0. The maximum atomic E-state index is 6.18. The van der Waals surface area contributed by atoms with Crippen molar-refractivity contribution in [3.63, 3.8) is 0 Å². The quantitative estimate of drug-likeness (QED) is 0.653. The molecule has 1 heteroatoms. The van der Waals surface area contributed by atoms with E-state index in [9.17, 15) is 0 Å². The summed E-state index contributed by atoms with van der Waals surface area (Å²) in [7, 11) is 0. The van der Waals surface area contributed by atoms with Crippen LogP contribution >= 0.6 is 0 Å². The Bertz CT molecular complexity index is 543. The fourth-order valence-corrected chi connectivity index (χ4v) is 2.48. The lowest BCUT2D eigenvalue weighted by Crippen LogP contribution is -2.14. The van der Waals surface area contributed by atoms with Gasteiger partial charge in [0.2, 0.25) is 0 Å². The molecule has 0 N–H and O–H groups in total. The van der Waals surface area contributed by atoms with Crippen molar-refractivity contribution in [2.24, 2.45) is 0 Å². The summed E-state index contributed by atoms with van der Waals surface area (Å²) < 4.78 is 6.18. The summed E-state index contributed by atoms with van der Waals surface area (Å²) in [5.41, 5.74) is 3.79. The van der Waals surface area contributed by atoms with E-state index in [1.807, 2.05) is 6.07 Å². The van der Waals surface area contributed by atoms with Gasteiger partial charge in [-0.2, -0.15) is 0 Å². The van der Waals surface area contributed by atoms with E-state index in [2.05, 4.69) is 74.5 Å². The second-order valence-electron chi connectivity index (χ2n) is 5.13. The maximum Gasteiger partial charge on any atom is 0.0829 e. The molecule has 2 aromatic rings. The predicted octanol–water partition coefficient (Wildman–Crippen LogP) is 5.48. The van der Waals surface area contributed by atoms with E-state index in [0.717, 1.165) is 12.8 Å². The average Bonchev–Trinajstić information content (AvgIpc) is 2.56. The highest BCUT2D eigenvalue weighted by Crippen LogP contribution is 2.24. The highest BCUT2D eigenvalue weighted by atomic mass is 16.5. The van der Waals surface area contributed by atoms with Gasteiger partial charge < -0.3 is 4.74 Å². The molecule has 0 aliphatic rings. The maximum absolute atomic E-state index is 6.18. The third-order valence-corrected chi connectivity index (χ3v) is 3.54. The van der Waals surface area contributed by atoms with E-state index in [4.69, 9.17) is 4.74 Å². The summed E-state index contributed by atoms with van der Waals surface area (Å²) in [6, 6.07) is 20.9. The van der Waals surface area contributed by atoms with Crippen LogP contribution in [0.1, 0.15) is 37.8 Å². The largest absolute Gasteiger partial charge is 0.369 e.